The average Bonchev–Trinajstić information content (AvgIpc) is 2.42. The zero-order valence-corrected chi connectivity index (χ0v) is 11.8. The van der Waals surface area contributed by atoms with Gasteiger partial charge in [-0.1, -0.05) is 6.08 Å². The molecule has 1 rings (SSSR count). The minimum absolute atomic E-state index is 0.104. The number of benzene rings is 1. The van der Waals surface area contributed by atoms with E-state index in [2.05, 4.69) is 22.4 Å². The van der Waals surface area contributed by atoms with Crippen LogP contribution < -0.4 is 15.5 Å². The molecule has 0 saturated heterocycles. The average molecular weight is 279 g/mol. The van der Waals surface area contributed by atoms with Gasteiger partial charge in [-0.2, -0.15) is 5.10 Å². The molecule has 0 amide bonds. The van der Waals surface area contributed by atoms with Crippen LogP contribution in [0.3, 0.4) is 0 Å². The number of methoxy groups -OCH3 is 1. The zero-order chi connectivity index (χ0) is 14.3. The van der Waals surface area contributed by atoms with E-state index in [9.17, 15) is 5.11 Å². The van der Waals surface area contributed by atoms with Gasteiger partial charge in [-0.05, 0) is 31.3 Å². The van der Waals surface area contributed by atoms with Crippen molar-refractivity contribution in [1.82, 2.24) is 10.7 Å². The SMILES string of the molecule is C=CCNC(=S)N/N=C(\C)c1ccc(OC)cc1O. The first-order chi connectivity index (χ1) is 9.08. The molecule has 0 atom stereocenters. The fourth-order valence-electron chi connectivity index (χ4n) is 1.34. The molecular formula is C13H17N3O2S. The lowest BCUT2D eigenvalue weighted by Gasteiger charge is -2.08. The number of hydrogen-bond donors (Lipinski definition) is 3. The predicted octanol–water partition coefficient (Wildman–Crippen LogP) is 1.77. The number of phenolic OH excluding ortho intramolecular Hbond substituents is 1. The molecule has 3 N–H and O–H groups in total. The van der Waals surface area contributed by atoms with Crippen LogP contribution in [0.4, 0.5) is 0 Å². The predicted molar refractivity (Wildman–Crippen MR) is 80.8 cm³/mol. The van der Waals surface area contributed by atoms with Crippen molar-refractivity contribution in [1.29, 1.82) is 0 Å². The molecule has 0 unspecified atom stereocenters. The zero-order valence-electron chi connectivity index (χ0n) is 10.9. The van der Waals surface area contributed by atoms with E-state index >= 15 is 0 Å². The molecule has 0 aliphatic carbocycles. The maximum atomic E-state index is 9.85. The van der Waals surface area contributed by atoms with Gasteiger partial charge in [-0.3, -0.25) is 5.43 Å². The first kappa shape index (κ1) is 15.0. The number of rotatable bonds is 5. The molecule has 102 valence electrons. The third-order valence-electron chi connectivity index (χ3n) is 2.33. The highest BCUT2D eigenvalue weighted by Gasteiger charge is 2.06. The van der Waals surface area contributed by atoms with Crippen LogP contribution in [-0.2, 0) is 0 Å². The van der Waals surface area contributed by atoms with Crippen molar-refractivity contribution in [3.8, 4) is 11.5 Å². The van der Waals surface area contributed by atoms with E-state index in [4.69, 9.17) is 17.0 Å². The second-order valence-corrected chi connectivity index (χ2v) is 4.10. The summed E-state index contributed by atoms with van der Waals surface area (Å²) in [6.07, 6.45) is 1.69. The van der Waals surface area contributed by atoms with Gasteiger partial charge in [0.05, 0.1) is 12.8 Å². The van der Waals surface area contributed by atoms with Crippen molar-refractivity contribution in [2.24, 2.45) is 5.10 Å². The number of aromatic hydroxyl groups is 1. The number of nitrogens with one attached hydrogen (secondary N) is 2. The van der Waals surface area contributed by atoms with Crippen LogP contribution in [0.5, 0.6) is 11.5 Å². The molecule has 1 aromatic carbocycles. The summed E-state index contributed by atoms with van der Waals surface area (Å²) in [5.41, 5.74) is 3.91. The van der Waals surface area contributed by atoms with Gasteiger partial charge in [-0.25, -0.2) is 0 Å². The Balaban J connectivity index is 2.73. The van der Waals surface area contributed by atoms with Crippen LogP contribution in [0, 0.1) is 0 Å². The van der Waals surface area contributed by atoms with Gasteiger partial charge in [0.15, 0.2) is 5.11 Å². The standard InChI is InChI=1S/C13H17N3O2S/c1-4-7-14-13(19)16-15-9(2)11-6-5-10(18-3)8-12(11)17/h4-6,8,17H,1,7H2,2-3H3,(H2,14,16,19)/b15-9+. The third kappa shape index (κ3) is 4.59. The van der Waals surface area contributed by atoms with Gasteiger partial charge in [0.1, 0.15) is 11.5 Å². The molecule has 0 aliphatic rings. The summed E-state index contributed by atoms with van der Waals surface area (Å²) in [5, 5.41) is 17.2. The van der Waals surface area contributed by atoms with E-state index in [0.717, 1.165) is 0 Å². The molecule has 0 spiro atoms. The Kier molecular flexibility index (Phi) is 5.81. The van der Waals surface area contributed by atoms with E-state index < -0.39 is 0 Å². The van der Waals surface area contributed by atoms with Crippen molar-refractivity contribution >= 4 is 23.0 Å². The third-order valence-corrected chi connectivity index (χ3v) is 2.56. The van der Waals surface area contributed by atoms with Crippen molar-refractivity contribution in [3.05, 3.63) is 36.4 Å². The normalized spacial score (nSPS) is 10.7. The van der Waals surface area contributed by atoms with Crippen LogP contribution in [0.25, 0.3) is 0 Å². The smallest absolute Gasteiger partial charge is 0.187 e. The fraction of sp³-hybridized carbons (Fsp3) is 0.231. The molecule has 0 aromatic heterocycles. The quantitative estimate of drug-likeness (QED) is 0.332. The van der Waals surface area contributed by atoms with Crippen LogP contribution in [0.1, 0.15) is 12.5 Å². The molecule has 19 heavy (non-hydrogen) atoms. The first-order valence-electron chi connectivity index (χ1n) is 5.65. The molecule has 0 fully saturated rings. The lowest BCUT2D eigenvalue weighted by atomic mass is 10.1. The van der Waals surface area contributed by atoms with Crippen molar-refractivity contribution in [2.75, 3.05) is 13.7 Å². The number of nitrogens with zero attached hydrogens (tertiary/aromatic N) is 1. The van der Waals surface area contributed by atoms with E-state index in [1.807, 2.05) is 0 Å². The number of hydrogen-bond acceptors (Lipinski definition) is 4. The number of ether oxygens (including phenoxy) is 1. The Morgan fingerprint density at radius 1 is 1.58 bits per heavy atom. The van der Waals surface area contributed by atoms with E-state index in [1.165, 1.54) is 6.07 Å². The minimum atomic E-state index is 0.104. The van der Waals surface area contributed by atoms with Crippen molar-refractivity contribution in [2.45, 2.75) is 6.92 Å². The molecule has 0 aliphatic heterocycles. The summed E-state index contributed by atoms with van der Waals surface area (Å²) in [7, 11) is 1.54. The van der Waals surface area contributed by atoms with Gasteiger partial charge in [0.2, 0.25) is 0 Å². The topological polar surface area (TPSA) is 65.9 Å². The maximum absolute atomic E-state index is 9.85. The van der Waals surface area contributed by atoms with E-state index in [-0.39, 0.29) is 5.75 Å². The van der Waals surface area contributed by atoms with Gasteiger partial charge in [0, 0.05) is 18.2 Å². The summed E-state index contributed by atoms with van der Waals surface area (Å²) in [6.45, 7) is 5.90. The van der Waals surface area contributed by atoms with E-state index in [0.29, 0.717) is 28.7 Å². The Bertz CT molecular complexity index is 501. The first-order valence-corrected chi connectivity index (χ1v) is 6.05. The molecule has 0 bridgehead atoms. The van der Waals surface area contributed by atoms with Crippen LogP contribution in [-0.4, -0.2) is 29.6 Å². The highest BCUT2D eigenvalue weighted by molar-refractivity contribution is 7.80. The van der Waals surface area contributed by atoms with E-state index in [1.54, 1.807) is 32.2 Å². The summed E-state index contributed by atoms with van der Waals surface area (Å²) >= 11 is 5.00. The second kappa shape index (κ2) is 7.38. The highest BCUT2D eigenvalue weighted by atomic mass is 32.1. The molecular weight excluding hydrogens is 262 g/mol. The molecule has 6 heteroatoms. The lowest BCUT2D eigenvalue weighted by molar-refractivity contribution is 0.407. The minimum Gasteiger partial charge on any atom is -0.507 e. The highest BCUT2D eigenvalue weighted by Crippen LogP contribution is 2.23. The monoisotopic (exact) mass is 279 g/mol. The molecule has 0 heterocycles. The lowest BCUT2D eigenvalue weighted by Crippen LogP contribution is -2.32. The van der Waals surface area contributed by atoms with Crippen LogP contribution >= 0.6 is 12.2 Å². The maximum Gasteiger partial charge on any atom is 0.187 e. The molecule has 0 saturated carbocycles. The Hall–Kier alpha value is -2.08. The van der Waals surface area contributed by atoms with Crippen LogP contribution in [0.2, 0.25) is 0 Å². The van der Waals surface area contributed by atoms with Gasteiger partial charge >= 0.3 is 0 Å². The number of phenols is 1. The number of thiocarbonyl (C=S) groups is 1. The van der Waals surface area contributed by atoms with Gasteiger partial charge < -0.3 is 15.2 Å². The van der Waals surface area contributed by atoms with Crippen molar-refractivity contribution < 1.29 is 9.84 Å². The fourth-order valence-corrected chi connectivity index (χ4v) is 1.47. The van der Waals surface area contributed by atoms with Gasteiger partial charge in [0.25, 0.3) is 0 Å². The largest absolute Gasteiger partial charge is 0.507 e. The molecule has 5 nitrogen and oxygen atoms in total. The van der Waals surface area contributed by atoms with Crippen molar-refractivity contribution in [3.63, 3.8) is 0 Å². The number of hydrazone groups is 1. The molecule has 0 radical (unpaired) electrons. The summed E-state index contributed by atoms with van der Waals surface area (Å²) < 4.78 is 5.02. The Morgan fingerprint density at radius 3 is 2.89 bits per heavy atom. The summed E-state index contributed by atoms with van der Waals surface area (Å²) in [4.78, 5) is 0. The second-order valence-electron chi connectivity index (χ2n) is 3.69. The van der Waals surface area contributed by atoms with Crippen LogP contribution in [0.15, 0.2) is 36.0 Å². The van der Waals surface area contributed by atoms with Gasteiger partial charge in [-0.15, -0.1) is 6.58 Å². The Labute approximate surface area is 118 Å². The molecule has 1 aromatic rings. The summed E-state index contributed by atoms with van der Waals surface area (Å²) in [5.74, 6) is 0.692. The summed E-state index contributed by atoms with van der Waals surface area (Å²) in [6, 6.07) is 5.01. The Morgan fingerprint density at radius 2 is 2.32 bits per heavy atom.